The number of hydrogen-bond acceptors (Lipinski definition) is 2. The Morgan fingerprint density at radius 2 is 1.87 bits per heavy atom. The average molecular weight is 210 g/mol. The van der Waals surface area contributed by atoms with Crippen molar-refractivity contribution in [2.75, 3.05) is 32.7 Å². The fourth-order valence-electron chi connectivity index (χ4n) is 3.02. The number of piperazine rings is 1. The maximum absolute atomic E-state index is 3.42. The van der Waals surface area contributed by atoms with Gasteiger partial charge in [0.05, 0.1) is 0 Å². The maximum Gasteiger partial charge on any atom is 0.0108 e. The highest BCUT2D eigenvalue weighted by Gasteiger charge is 2.29. The van der Waals surface area contributed by atoms with Crippen molar-refractivity contribution in [2.24, 2.45) is 11.3 Å². The van der Waals surface area contributed by atoms with Crippen LogP contribution in [0, 0.1) is 11.3 Å². The van der Waals surface area contributed by atoms with Gasteiger partial charge in [0.2, 0.25) is 0 Å². The largest absolute Gasteiger partial charge is 0.314 e. The second-order valence-corrected chi connectivity index (χ2v) is 6.19. The van der Waals surface area contributed by atoms with Crippen molar-refractivity contribution in [3.63, 3.8) is 0 Å². The summed E-state index contributed by atoms with van der Waals surface area (Å²) in [5.41, 5.74) is 0.530. The Bertz CT molecular complexity index is 191. The van der Waals surface area contributed by atoms with Gasteiger partial charge in [-0.3, -0.25) is 0 Å². The van der Waals surface area contributed by atoms with E-state index in [2.05, 4.69) is 24.1 Å². The van der Waals surface area contributed by atoms with Gasteiger partial charge >= 0.3 is 0 Å². The van der Waals surface area contributed by atoms with Crippen LogP contribution >= 0.6 is 0 Å². The molecule has 2 aliphatic rings. The molecule has 1 aliphatic carbocycles. The third kappa shape index (κ3) is 3.46. The van der Waals surface area contributed by atoms with E-state index in [1.165, 1.54) is 58.4 Å². The summed E-state index contributed by atoms with van der Waals surface area (Å²) in [4.78, 5) is 2.63. The third-order valence-electron chi connectivity index (χ3n) is 3.93. The minimum Gasteiger partial charge on any atom is -0.314 e. The van der Waals surface area contributed by atoms with E-state index in [4.69, 9.17) is 0 Å². The first-order chi connectivity index (χ1) is 7.16. The van der Waals surface area contributed by atoms with Gasteiger partial charge in [0, 0.05) is 32.7 Å². The van der Waals surface area contributed by atoms with Crippen LogP contribution in [-0.4, -0.2) is 37.6 Å². The van der Waals surface area contributed by atoms with Gasteiger partial charge in [-0.25, -0.2) is 0 Å². The lowest BCUT2D eigenvalue weighted by atomic mass is 9.73. The van der Waals surface area contributed by atoms with Gasteiger partial charge in [-0.05, 0) is 17.8 Å². The molecule has 1 saturated carbocycles. The zero-order valence-corrected chi connectivity index (χ0v) is 10.4. The molecule has 0 atom stereocenters. The highest BCUT2D eigenvalue weighted by Crippen LogP contribution is 2.37. The van der Waals surface area contributed by atoms with Gasteiger partial charge in [-0.1, -0.05) is 33.1 Å². The van der Waals surface area contributed by atoms with Crippen LogP contribution in [0.1, 0.15) is 39.5 Å². The van der Waals surface area contributed by atoms with Gasteiger partial charge in [0.1, 0.15) is 0 Å². The SMILES string of the molecule is CC(C)(CC1CCC1)CN1CCNCC1. The van der Waals surface area contributed by atoms with E-state index < -0.39 is 0 Å². The van der Waals surface area contributed by atoms with Crippen molar-refractivity contribution in [1.29, 1.82) is 0 Å². The van der Waals surface area contributed by atoms with Crippen molar-refractivity contribution in [3.8, 4) is 0 Å². The van der Waals surface area contributed by atoms with Crippen molar-refractivity contribution >= 4 is 0 Å². The molecule has 0 aromatic rings. The van der Waals surface area contributed by atoms with Gasteiger partial charge in [-0.15, -0.1) is 0 Å². The predicted octanol–water partition coefficient (Wildman–Crippen LogP) is 2.11. The molecule has 2 rings (SSSR count). The monoisotopic (exact) mass is 210 g/mol. The zero-order chi connectivity index (χ0) is 10.7. The first kappa shape index (κ1) is 11.4. The van der Waals surface area contributed by atoms with E-state index in [1.807, 2.05) is 0 Å². The molecule has 0 bridgehead atoms. The van der Waals surface area contributed by atoms with E-state index in [1.54, 1.807) is 0 Å². The minimum atomic E-state index is 0.530. The Balaban J connectivity index is 1.74. The van der Waals surface area contributed by atoms with E-state index in [9.17, 15) is 0 Å². The molecule has 1 N–H and O–H groups in total. The molecule has 2 fully saturated rings. The van der Waals surface area contributed by atoms with Crippen LogP contribution in [0.4, 0.5) is 0 Å². The molecule has 88 valence electrons. The summed E-state index contributed by atoms with van der Waals surface area (Å²) in [5, 5.41) is 3.42. The molecule has 0 aromatic carbocycles. The smallest absolute Gasteiger partial charge is 0.0108 e. The lowest BCUT2D eigenvalue weighted by Gasteiger charge is -2.39. The van der Waals surface area contributed by atoms with Crippen molar-refractivity contribution in [1.82, 2.24) is 10.2 Å². The number of rotatable bonds is 4. The Morgan fingerprint density at radius 3 is 2.40 bits per heavy atom. The molecule has 15 heavy (non-hydrogen) atoms. The van der Waals surface area contributed by atoms with E-state index in [0.717, 1.165) is 5.92 Å². The molecule has 1 heterocycles. The highest BCUT2D eigenvalue weighted by atomic mass is 15.2. The second kappa shape index (κ2) is 4.84. The highest BCUT2D eigenvalue weighted by molar-refractivity contribution is 4.82. The van der Waals surface area contributed by atoms with Gasteiger partial charge in [-0.2, -0.15) is 0 Å². The fourth-order valence-corrected chi connectivity index (χ4v) is 3.02. The molecule has 0 radical (unpaired) electrons. The minimum absolute atomic E-state index is 0.530. The maximum atomic E-state index is 3.42. The summed E-state index contributed by atoms with van der Waals surface area (Å²) in [7, 11) is 0. The van der Waals surface area contributed by atoms with Gasteiger partial charge in [0.15, 0.2) is 0 Å². The average Bonchev–Trinajstić information content (AvgIpc) is 2.13. The normalized spacial score (nSPS) is 25.2. The van der Waals surface area contributed by atoms with Crippen LogP contribution < -0.4 is 5.32 Å². The molecular weight excluding hydrogens is 184 g/mol. The predicted molar refractivity (Wildman–Crippen MR) is 65.0 cm³/mol. The first-order valence-corrected chi connectivity index (χ1v) is 6.59. The number of hydrogen-bond donors (Lipinski definition) is 1. The van der Waals surface area contributed by atoms with Crippen molar-refractivity contribution < 1.29 is 0 Å². The molecular formula is C13H26N2. The molecule has 1 saturated heterocycles. The summed E-state index contributed by atoms with van der Waals surface area (Å²) in [5.74, 6) is 1.04. The summed E-state index contributed by atoms with van der Waals surface area (Å²) in [6.45, 7) is 11.0. The van der Waals surface area contributed by atoms with Crippen LogP contribution in [-0.2, 0) is 0 Å². The zero-order valence-electron chi connectivity index (χ0n) is 10.4. The Kier molecular flexibility index (Phi) is 3.68. The Hall–Kier alpha value is -0.0800. The molecule has 1 aliphatic heterocycles. The van der Waals surface area contributed by atoms with Gasteiger partial charge < -0.3 is 10.2 Å². The number of nitrogens with one attached hydrogen (secondary N) is 1. The number of nitrogens with zero attached hydrogens (tertiary/aromatic N) is 1. The van der Waals surface area contributed by atoms with Crippen LogP contribution in [0.3, 0.4) is 0 Å². The quantitative estimate of drug-likeness (QED) is 0.764. The summed E-state index contributed by atoms with van der Waals surface area (Å²) in [6, 6.07) is 0. The Labute approximate surface area is 94.4 Å². The molecule has 2 heteroatoms. The van der Waals surface area contributed by atoms with E-state index in [0.29, 0.717) is 5.41 Å². The second-order valence-electron chi connectivity index (χ2n) is 6.19. The molecule has 2 nitrogen and oxygen atoms in total. The van der Waals surface area contributed by atoms with Crippen molar-refractivity contribution in [3.05, 3.63) is 0 Å². The standard InChI is InChI=1S/C13H26N2/c1-13(2,10-12-4-3-5-12)11-15-8-6-14-7-9-15/h12,14H,3-11H2,1-2H3. The summed E-state index contributed by atoms with van der Waals surface area (Å²) < 4.78 is 0. The molecule has 0 unspecified atom stereocenters. The molecule has 0 spiro atoms. The topological polar surface area (TPSA) is 15.3 Å². The molecule has 0 amide bonds. The van der Waals surface area contributed by atoms with Gasteiger partial charge in [0.25, 0.3) is 0 Å². The van der Waals surface area contributed by atoms with Crippen LogP contribution in [0.25, 0.3) is 0 Å². The lowest BCUT2D eigenvalue weighted by Crippen LogP contribution is -2.47. The van der Waals surface area contributed by atoms with Crippen LogP contribution in [0.2, 0.25) is 0 Å². The lowest BCUT2D eigenvalue weighted by molar-refractivity contribution is 0.116. The summed E-state index contributed by atoms with van der Waals surface area (Å²) >= 11 is 0. The van der Waals surface area contributed by atoms with E-state index >= 15 is 0 Å². The fraction of sp³-hybridized carbons (Fsp3) is 1.00. The molecule has 0 aromatic heterocycles. The van der Waals surface area contributed by atoms with E-state index in [-0.39, 0.29) is 0 Å². The van der Waals surface area contributed by atoms with Crippen LogP contribution in [0.5, 0.6) is 0 Å². The van der Waals surface area contributed by atoms with Crippen molar-refractivity contribution in [2.45, 2.75) is 39.5 Å². The first-order valence-electron chi connectivity index (χ1n) is 6.59. The third-order valence-corrected chi connectivity index (χ3v) is 3.93. The summed E-state index contributed by atoms with van der Waals surface area (Å²) in [6.07, 6.45) is 5.90. The van der Waals surface area contributed by atoms with Crippen LogP contribution in [0.15, 0.2) is 0 Å². The Morgan fingerprint density at radius 1 is 1.20 bits per heavy atom.